The van der Waals surface area contributed by atoms with Gasteiger partial charge >= 0.3 is 5.97 Å². The lowest BCUT2D eigenvalue weighted by molar-refractivity contribution is 0.0491. The maximum atomic E-state index is 11.5. The van der Waals surface area contributed by atoms with Crippen LogP contribution < -0.4 is 5.73 Å². The molecular formula is C14H15NO3. The molecule has 0 saturated carbocycles. The molecule has 0 aliphatic heterocycles. The number of benzene rings is 1. The highest BCUT2D eigenvalue weighted by Crippen LogP contribution is 2.28. The van der Waals surface area contributed by atoms with Gasteiger partial charge in [-0.3, -0.25) is 0 Å². The van der Waals surface area contributed by atoms with Crippen LogP contribution in [0.15, 0.2) is 34.7 Å². The van der Waals surface area contributed by atoms with E-state index >= 15 is 0 Å². The molecule has 2 rings (SSSR count). The third-order valence-electron chi connectivity index (χ3n) is 2.72. The van der Waals surface area contributed by atoms with E-state index < -0.39 is 5.97 Å². The first-order valence-electron chi connectivity index (χ1n) is 5.76. The summed E-state index contributed by atoms with van der Waals surface area (Å²) in [6, 6.07) is 8.93. The van der Waals surface area contributed by atoms with Crippen molar-refractivity contribution in [1.29, 1.82) is 0 Å². The lowest BCUT2D eigenvalue weighted by Crippen LogP contribution is -2.02. The van der Waals surface area contributed by atoms with Crippen molar-refractivity contribution in [3.8, 4) is 11.3 Å². The molecule has 1 heterocycles. The average Bonchev–Trinajstić information content (AvgIpc) is 2.82. The fraction of sp³-hybridized carbons (Fsp3) is 0.214. The number of nitrogen functional groups attached to an aromatic ring is 1. The first-order valence-corrected chi connectivity index (χ1v) is 5.76. The number of furan rings is 1. The first kappa shape index (κ1) is 12.2. The second kappa shape index (κ2) is 4.96. The molecule has 0 amide bonds. The van der Waals surface area contributed by atoms with Crippen LogP contribution in [0.4, 0.5) is 5.69 Å². The number of carbonyl (C=O) groups is 1. The highest BCUT2D eigenvalue weighted by Gasteiger charge is 2.14. The summed E-state index contributed by atoms with van der Waals surface area (Å²) in [7, 11) is 0. The number of rotatable bonds is 3. The largest absolute Gasteiger partial charge is 0.460 e. The molecule has 4 heteroatoms. The minimum atomic E-state index is -0.453. The van der Waals surface area contributed by atoms with E-state index in [-0.39, 0.29) is 5.76 Å². The molecule has 0 atom stereocenters. The topological polar surface area (TPSA) is 65.5 Å². The van der Waals surface area contributed by atoms with Crippen LogP contribution in [0.2, 0.25) is 0 Å². The van der Waals surface area contributed by atoms with Crippen LogP contribution in [0.1, 0.15) is 23.0 Å². The van der Waals surface area contributed by atoms with Crippen molar-refractivity contribution in [3.05, 3.63) is 41.7 Å². The van der Waals surface area contributed by atoms with Crippen molar-refractivity contribution in [1.82, 2.24) is 0 Å². The lowest BCUT2D eigenvalue weighted by Gasteiger charge is -2.05. The molecule has 18 heavy (non-hydrogen) atoms. The summed E-state index contributed by atoms with van der Waals surface area (Å²) in [5.41, 5.74) is 8.35. The summed E-state index contributed by atoms with van der Waals surface area (Å²) in [5, 5.41) is 0. The molecular weight excluding hydrogens is 230 g/mol. The Bertz CT molecular complexity index is 572. The molecule has 4 nitrogen and oxygen atoms in total. The van der Waals surface area contributed by atoms with Gasteiger partial charge in [-0.05, 0) is 37.6 Å². The smallest absolute Gasteiger partial charge is 0.374 e. The van der Waals surface area contributed by atoms with Crippen molar-refractivity contribution < 1.29 is 13.9 Å². The van der Waals surface area contributed by atoms with E-state index in [2.05, 4.69) is 0 Å². The Balaban J connectivity index is 2.35. The molecule has 0 saturated heterocycles. The maximum Gasteiger partial charge on any atom is 0.374 e. The normalized spacial score (nSPS) is 10.3. The second-order valence-corrected chi connectivity index (χ2v) is 3.90. The molecule has 0 fully saturated rings. The van der Waals surface area contributed by atoms with Gasteiger partial charge in [-0.15, -0.1) is 0 Å². The Labute approximate surface area is 105 Å². The summed E-state index contributed by atoms with van der Waals surface area (Å²) < 4.78 is 10.4. The van der Waals surface area contributed by atoms with Gasteiger partial charge < -0.3 is 14.9 Å². The van der Waals surface area contributed by atoms with E-state index in [1.54, 1.807) is 19.1 Å². The first-order chi connectivity index (χ1) is 8.63. The van der Waals surface area contributed by atoms with Crippen LogP contribution in [0, 0.1) is 6.92 Å². The molecule has 0 radical (unpaired) electrons. The van der Waals surface area contributed by atoms with E-state index in [0.29, 0.717) is 18.1 Å². The fourth-order valence-corrected chi connectivity index (χ4v) is 1.72. The van der Waals surface area contributed by atoms with Crippen LogP contribution in [0.3, 0.4) is 0 Å². The summed E-state index contributed by atoms with van der Waals surface area (Å²) in [6.45, 7) is 3.99. The van der Waals surface area contributed by atoms with Gasteiger partial charge in [0.25, 0.3) is 0 Å². The van der Waals surface area contributed by atoms with Crippen molar-refractivity contribution in [2.45, 2.75) is 13.8 Å². The van der Waals surface area contributed by atoms with Gasteiger partial charge in [-0.1, -0.05) is 12.1 Å². The number of nitrogens with two attached hydrogens (primary N) is 1. The molecule has 94 valence electrons. The highest BCUT2D eigenvalue weighted by atomic mass is 16.5. The lowest BCUT2D eigenvalue weighted by atomic mass is 10.1. The van der Waals surface area contributed by atoms with Gasteiger partial charge in [0.1, 0.15) is 5.76 Å². The van der Waals surface area contributed by atoms with Gasteiger partial charge in [0.05, 0.1) is 6.61 Å². The number of hydrogen-bond acceptors (Lipinski definition) is 4. The van der Waals surface area contributed by atoms with Gasteiger partial charge in [-0.25, -0.2) is 4.79 Å². The monoisotopic (exact) mass is 245 g/mol. The van der Waals surface area contributed by atoms with Crippen LogP contribution in [0.5, 0.6) is 0 Å². The van der Waals surface area contributed by atoms with Gasteiger partial charge in [-0.2, -0.15) is 0 Å². The SMILES string of the molecule is CCOC(=O)c1ccc(-c2cccc(N)c2C)o1. The van der Waals surface area contributed by atoms with Gasteiger partial charge in [0.15, 0.2) is 0 Å². The fourth-order valence-electron chi connectivity index (χ4n) is 1.72. The maximum absolute atomic E-state index is 11.5. The molecule has 0 unspecified atom stereocenters. The number of hydrogen-bond donors (Lipinski definition) is 1. The minimum absolute atomic E-state index is 0.202. The molecule has 0 bridgehead atoms. The molecule has 0 aliphatic carbocycles. The molecule has 2 N–H and O–H groups in total. The average molecular weight is 245 g/mol. The summed E-state index contributed by atoms with van der Waals surface area (Å²) in [6.07, 6.45) is 0. The Morgan fingerprint density at radius 1 is 1.33 bits per heavy atom. The van der Waals surface area contributed by atoms with Crippen LogP contribution in [-0.2, 0) is 4.74 Å². The highest BCUT2D eigenvalue weighted by molar-refractivity contribution is 5.87. The van der Waals surface area contributed by atoms with E-state index in [9.17, 15) is 4.79 Å². The number of esters is 1. The summed E-state index contributed by atoms with van der Waals surface area (Å²) in [5.74, 6) is 0.363. The standard InChI is InChI=1S/C14H15NO3/c1-3-17-14(16)13-8-7-12(18-13)10-5-4-6-11(15)9(10)2/h4-8H,3,15H2,1-2H3. The van der Waals surface area contributed by atoms with E-state index in [1.807, 2.05) is 25.1 Å². The molecule has 0 aliphatic rings. The minimum Gasteiger partial charge on any atom is -0.460 e. The molecule has 0 spiro atoms. The third-order valence-corrected chi connectivity index (χ3v) is 2.72. The van der Waals surface area contributed by atoms with Crippen LogP contribution >= 0.6 is 0 Å². The van der Waals surface area contributed by atoms with Crippen molar-refractivity contribution >= 4 is 11.7 Å². The number of ether oxygens (including phenoxy) is 1. The Kier molecular flexibility index (Phi) is 3.37. The summed E-state index contributed by atoms with van der Waals surface area (Å²) in [4.78, 5) is 11.5. The zero-order chi connectivity index (χ0) is 13.1. The predicted molar refractivity (Wildman–Crippen MR) is 69.2 cm³/mol. The zero-order valence-electron chi connectivity index (χ0n) is 10.4. The van der Waals surface area contributed by atoms with Crippen LogP contribution in [-0.4, -0.2) is 12.6 Å². The van der Waals surface area contributed by atoms with E-state index in [0.717, 1.165) is 11.1 Å². The summed E-state index contributed by atoms with van der Waals surface area (Å²) >= 11 is 0. The predicted octanol–water partition coefficient (Wildman–Crippen LogP) is 3.01. The van der Waals surface area contributed by atoms with Gasteiger partial charge in [0, 0.05) is 11.3 Å². The third kappa shape index (κ3) is 2.22. The molecule has 2 aromatic rings. The van der Waals surface area contributed by atoms with Gasteiger partial charge in [0.2, 0.25) is 5.76 Å². The second-order valence-electron chi connectivity index (χ2n) is 3.90. The van der Waals surface area contributed by atoms with Crippen LogP contribution in [0.25, 0.3) is 11.3 Å². The Morgan fingerprint density at radius 2 is 2.11 bits per heavy atom. The zero-order valence-corrected chi connectivity index (χ0v) is 10.4. The van der Waals surface area contributed by atoms with E-state index in [4.69, 9.17) is 14.9 Å². The Morgan fingerprint density at radius 3 is 2.83 bits per heavy atom. The quantitative estimate of drug-likeness (QED) is 0.666. The van der Waals surface area contributed by atoms with Crippen molar-refractivity contribution in [2.75, 3.05) is 12.3 Å². The van der Waals surface area contributed by atoms with Crippen molar-refractivity contribution in [3.63, 3.8) is 0 Å². The number of anilines is 1. The molecule has 1 aromatic heterocycles. The van der Waals surface area contributed by atoms with E-state index in [1.165, 1.54) is 0 Å². The Hall–Kier alpha value is -2.23. The molecule has 1 aromatic carbocycles. The number of carbonyl (C=O) groups excluding carboxylic acids is 1. The van der Waals surface area contributed by atoms with Crippen molar-refractivity contribution in [2.24, 2.45) is 0 Å².